The number of hydrogen-bond acceptors (Lipinski definition) is 3. The van der Waals surface area contributed by atoms with Gasteiger partial charge in [-0.3, -0.25) is 0 Å². The first kappa shape index (κ1) is 18.6. The van der Waals surface area contributed by atoms with Crippen molar-refractivity contribution >= 4 is 10.2 Å². The molecule has 1 aromatic rings. The lowest BCUT2D eigenvalue weighted by Gasteiger charge is -2.21. The van der Waals surface area contributed by atoms with E-state index >= 15 is 0 Å². The zero-order valence-corrected chi connectivity index (χ0v) is 14.9. The maximum Gasteiger partial charge on any atom is 0.416 e. The van der Waals surface area contributed by atoms with Gasteiger partial charge in [0.05, 0.1) is 5.56 Å². The topological polar surface area (TPSA) is 36.1 Å². The summed E-state index contributed by atoms with van der Waals surface area (Å²) in [6.07, 6.45) is -0.226. The van der Waals surface area contributed by atoms with Crippen LogP contribution in [0.25, 0.3) is 0 Å². The Morgan fingerprint density at radius 3 is 2.26 bits per heavy atom. The highest BCUT2D eigenvalue weighted by atomic mass is 32.3. The van der Waals surface area contributed by atoms with Crippen molar-refractivity contribution < 1.29 is 13.2 Å². The van der Waals surface area contributed by atoms with Gasteiger partial charge in [0, 0.05) is 21.9 Å². The van der Waals surface area contributed by atoms with Crippen LogP contribution in [0.15, 0.2) is 28.0 Å². The Kier molecular flexibility index (Phi) is 5.35. The van der Waals surface area contributed by atoms with E-state index in [4.69, 9.17) is 0 Å². The van der Waals surface area contributed by atoms with E-state index in [1.807, 2.05) is 6.26 Å². The Balaban J connectivity index is 1.70. The van der Waals surface area contributed by atoms with Gasteiger partial charge in [0.1, 0.15) is 0 Å². The monoisotopic (exact) mass is 349 g/mol. The molecule has 1 aromatic carbocycles. The third kappa shape index (κ3) is 4.86. The number of alkyl halides is 3. The highest BCUT2D eigenvalue weighted by Crippen LogP contribution is 2.74. The highest BCUT2D eigenvalue weighted by Gasteiger charge is 2.44. The molecule has 132 valence electrons. The molecule has 3 nitrogen and oxygen atoms in total. The standard InChI is InChI=1S/C16H26F3N3S/c1-15(2,3)20-9-5-6-10-21-22-23(4)13-8-7-12(11-14(13)23)16(17,18)19/h7-8,11,20-22H,5-6,9-10H2,1-4H3. The van der Waals surface area contributed by atoms with Crippen molar-refractivity contribution in [2.24, 2.45) is 0 Å². The van der Waals surface area contributed by atoms with Crippen molar-refractivity contribution in [2.75, 3.05) is 19.3 Å². The summed E-state index contributed by atoms with van der Waals surface area (Å²) >= 11 is 0. The summed E-state index contributed by atoms with van der Waals surface area (Å²) < 4.78 is 38.2. The zero-order chi connectivity index (χ0) is 17.3. The van der Waals surface area contributed by atoms with Crippen LogP contribution in [0.3, 0.4) is 0 Å². The summed E-state index contributed by atoms with van der Waals surface area (Å²) in [5.41, 5.74) is 2.74. The molecule has 23 heavy (non-hydrogen) atoms. The minimum absolute atomic E-state index is 0.134. The van der Waals surface area contributed by atoms with Crippen molar-refractivity contribution in [1.82, 2.24) is 15.6 Å². The smallest absolute Gasteiger partial charge is 0.312 e. The average molecular weight is 349 g/mol. The third-order valence-electron chi connectivity index (χ3n) is 3.77. The van der Waals surface area contributed by atoms with Gasteiger partial charge in [0.15, 0.2) is 0 Å². The quantitative estimate of drug-likeness (QED) is 0.395. The molecule has 2 rings (SSSR count). The third-order valence-corrected chi connectivity index (χ3v) is 6.57. The van der Waals surface area contributed by atoms with E-state index in [2.05, 4.69) is 36.3 Å². The number of fused-ring (bicyclic) bond motifs is 1. The van der Waals surface area contributed by atoms with Gasteiger partial charge in [0.25, 0.3) is 0 Å². The second-order valence-electron chi connectivity index (χ2n) is 6.99. The van der Waals surface area contributed by atoms with Gasteiger partial charge in [-0.25, -0.2) is 10.3 Å². The van der Waals surface area contributed by atoms with Crippen LogP contribution in [0, 0.1) is 0 Å². The first-order chi connectivity index (χ1) is 10.5. The largest absolute Gasteiger partial charge is 0.416 e. The summed E-state index contributed by atoms with van der Waals surface area (Å²) in [7, 11) is -1.41. The van der Waals surface area contributed by atoms with Crippen LogP contribution in [0.5, 0.6) is 0 Å². The first-order valence-corrected chi connectivity index (χ1v) is 9.82. The molecular formula is C16H26F3N3S. The second-order valence-corrected chi connectivity index (χ2v) is 9.91. The molecule has 1 atom stereocenters. The van der Waals surface area contributed by atoms with Gasteiger partial charge in [-0.15, -0.1) is 10.2 Å². The van der Waals surface area contributed by atoms with Crippen LogP contribution >= 0.6 is 10.2 Å². The van der Waals surface area contributed by atoms with Crippen molar-refractivity contribution in [2.45, 2.75) is 55.1 Å². The molecule has 0 aliphatic carbocycles. The number of hydrogen-bond donors (Lipinski definition) is 3. The highest BCUT2D eigenvalue weighted by molar-refractivity contribution is 8.36. The summed E-state index contributed by atoms with van der Waals surface area (Å²) in [6, 6.07) is 4.03. The summed E-state index contributed by atoms with van der Waals surface area (Å²) in [6.45, 7) is 8.17. The first-order valence-electron chi connectivity index (χ1n) is 7.78. The molecule has 0 aromatic heterocycles. The average Bonchev–Trinajstić information content (AvgIpc) is 3.01. The zero-order valence-electron chi connectivity index (χ0n) is 14.1. The fourth-order valence-corrected chi connectivity index (χ4v) is 4.86. The van der Waals surface area contributed by atoms with E-state index in [9.17, 15) is 13.2 Å². The predicted molar refractivity (Wildman–Crippen MR) is 89.6 cm³/mol. The number of hydrazine groups is 1. The van der Waals surface area contributed by atoms with Gasteiger partial charge >= 0.3 is 6.18 Å². The Bertz CT molecular complexity index is 554. The van der Waals surface area contributed by atoms with E-state index in [0.717, 1.165) is 41.8 Å². The molecule has 0 spiro atoms. The van der Waals surface area contributed by atoms with Crippen molar-refractivity contribution in [3.8, 4) is 0 Å². The molecule has 0 amide bonds. The van der Waals surface area contributed by atoms with Crippen molar-refractivity contribution in [3.05, 3.63) is 23.8 Å². The van der Waals surface area contributed by atoms with E-state index in [1.165, 1.54) is 6.07 Å². The number of benzene rings is 1. The molecular weight excluding hydrogens is 323 g/mol. The van der Waals surface area contributed by atoms with E-state index in [0.29, 0.717) is 0 Å². The lowest BCUT2D eigenvalue weighted by atomic mass is 10.1. The van der Waals surface area contributed by atoms with Crippen LogP contribution in [-0.4, -0.2) is 24.9 Å². The lowest BCUT2D eigenvalue weighted by molar-refractivity contribution is -0.137. The molecule has 3 N–H and O–H groups in total. The molecule has 0 saturated carbocycles. The van der Waals surface area contributed by atoms with Crippen molar-refractivity contribution in [1.29, 1.82) is 0 Å². The minimum atomic E-state index is -4.27. The molecule has 1 heterocycles. The van der Waals surface area contributed by atoms with Gasteiger partial charge < -0.3 is 5.32 Å². The maximum absolute atomic E-state index is 12.7. The maximum atomic E-state index is 12.7. The molecule has 1 unspecified atom stereocenters. The molecule has 1 aliphatic rings. The summed E-state index contributed by atoms with van der Waals surface area (Å²) in [4.78, 5) is 5.04. The SMILES string of the molecule is CC(C)(C)NCCCCNNS1(C)c2ccc(C(F)(F)F)cc21. The summed E-state index contributed by atoms with van der Waals surface area (Å²) in [5, 5.41) is 3.43. The van der Waals surface area contributed by atoms with Crippen LogP contribution in [0.4, 0.5) is 13.2 Å². The summed E-state index contributed by atoms with van der Waals surface area (Å²) in [5.74, 6) is 0. The lowest BCUT2D eigenvalue weighted by Crippen LogP contribution is -2.37. The van der Waals surface area contributed by atoms with E-state index in [-0.39, 0.29) is 5.54 Å². The Morgan fingerprint density at radius 1 is 1.00 bits per heavy atom. The number of nitrogens with one attached hydrogen (secondary N) is 3. The van der Waals surface area contributed by atoms with Gasteiger partial charge in [-0.2, -0.15) is 13.2 Å². The number of halogens is 3. The van der Waals surface area contributed by atoms with Gasteiger partial charge in [-0.1, -0.05) is 0 Å². The second kappa shape index (κ2) is 6.63. The van der Waals surface area contributed by atoms with Crippen LogP contribution in [0.1, 0.15) is 39.2 Å². The predicted octanol–water partition coefficient (Wildman–Crippen LogP) is 4.05. The number of rotatable bonds is 7. The van der Waals surface area contributed by atoms with E-state index in [1.54, 1.807) is 6.07 Å². The normalized spacial score (nSPS) is 23.3. The Labute approximate surface area is 137 Å². The van der Waals surface area contributed by atoms with Crippen LogP contribution in [0.2, 0.25) is 0 Å². The van der Waals surface area contributed by atoms with Gasteiger partial charge in [-0.05, 0) is 64.6 Å². The molecule has 7 heteroatoms. The van der Waals surface area contributed by atoms with Gasteiger partial charge in [0.2, 0.25) is 0 Å². The Morgan fingerprint density at radius 2 is 1.65 bits per heavy atom. The van der Waals surface area contributed by atoms with Crippen molar-refractivity contribution in [3.63, 3.8) is 0 Å². The van der Waals surface area contributed by atoms with Crippen LogP contribution < -0.4 is 15.6 Å². The Hall–Kier alpha value is -0.760. The molecule has 0 radical (unpaired) electrons. The van der Waals surface area contributed by atoms with Crippen LogP contribution in [-0.2, 0) is 6.18 Å². The number of unbranched alkanes of at least 4 members (excludes halogenated alkanes) is 1. The molecule has 0 saturated heterocycles. The molecule has 1 aliphatic heterocycles. The minimum Gasteiger partial charge on any atom is -0.312 e. The fraction of sp³-hybridized carbons (Fsp3) is 0.625. The molecule has 0 bridgehead atoms. The fourth-order valence-electron chi connectivity index (χ4n) is 2.38. The van der Waals surface area contributed by atoms with E-state index < -0.39 is 22.0 Å². The molecule has 0 fully saturated rings.